The molecule has 2 N–H and O–H groups in total. The van der Waals surface area contributed by atoms with Crippen LogP contribution in [0.25, 0.3) is 0 Å². The molecule has 3 nitrogen and oxygen atoms in total. The molecule has 0 amide bonds. The normalized spacial score (nSPS) is 18.2. The zero-order valence-corrected chi connectivity index (χ0v) is 10.9. The van der Waals surface area contributed by atoms with Gasteiger partial charge in [-0.2, -0.15) is 0 Å². The Balaban J connectivity index is 2.22. The fraction of sp³-hybridized carbons (Fsp3) is 0.571. The summed E-state index contributed by atoms with van der Waals surface area (Å²) in [5.41, 5.74) is 9.75. The molecule has 0 unspecified atom stereocenters. The maximum Gasteiger partial charge on any atom is 0.0414 e. The van der Waals surface area contributed by atoms with Crippen molar-refractivity contribution in [3.05, 3.63) is 29.3 Å². The summed E-state index contributed by atoms with van der Waals surface area (Å²) < 4.78 is 0. The van der Waals surface area contributed by atoms with E-state index in [1.165, 1.54) is 29.8 Å². The van der Waals surface area contributed by atoms with Gasteiger partial charge in [0, 0.05) is 31.9 Å². The van der Waals surface area contributed by atoms with Crippen LogP contribution < -0.4 is 10.6 Å². The summed E-state index contributed by atoms with van der Waals surface area (Å²) >= 11 is 0. The van der Waals surface area contributed by atoms with Crippen molar-refractivity contribution in [1.82, 2.24) is 4.90 Å². The summed E-state index contributed by atoms with van der Waals surface area (Å²) in [5.74, 6) is 0. The fourth-order valence-electron chi connectivity index (χ4n) is 2.43. The molecular formula is C14H23N3. The lowest BCUT2D eigenvalue weighted by Crippen LogP contribution is -2.29. The van der Waals surface area contributed by atoms with E-state index < -0.39 is 0 Å². The molecule has 94 valence electrons. The molecule has 17 heavy (non-hydrogen) atoms. The van der Waals surface area contributed by atoms with Gasteiger partial charge in [-0.15, -0.1) is 0 Å². The minimum absolute atomic E-state index is 0.627. The van der Waals surface area contributed by atoms with Crippen LogP contribution in [0.1, 0.15) is 17.5 Å². The van der Waals surface area contributed by atoms with Crippen molar-refractivity contribution in [2.24, 2.45) is 5.73 Å². The summed E-state index contributed by atoms with van der Waals surface area (Å²) in [6.45, 7) is 7.35. The van der Waals surface area contributed by atoms with Crippen molar-refractivity contribution in [2.75, 3.05) is 38.1 Å². The van der Waals surface area contributed by atoms with E-state index in [-0.39, 0.29) is 0 Å². The predicted molar refractivity (Wildman–Crippen MR) is 73.4 cm³/mol. The van der Waals surface area contributed by atoms with E-state index in [0.29, 0.717) is 6.54 Å². The van der Waals surface area contributed by atoms with Gasteiger partial charge >= 0.3 is 0 Å². The Kier molecular flexibility index (Phi) is 4.02. The maximum atomic E-state index is 5.84. The number of aryl methyl sites for hydroxylation is 1. The standard InChI is InChI=1S/C14H23N3/c1-12-4-5-13(11-15)14(10-12)17-7-3-6-16(2)8-9-17/h4-5,10H,3,6-9,11,15H2,1-2H3. The zero-order valence-electron chi connectivity index (χ0n) is 10.9. The number of rotatable bonds is 2. The van der Waals surface area contributed by atoms with Crippen LogP contribution in [0.15, 0.2) is 18.2 Å². The molecule has 3 heteroatoms. The number of hydrogen-bond donors (Lipinski definition) is 1. The molecule has 0 atom stereocenters. The smallest absolute Gasteiger partial charge is 0.0414 e. The van der Waals surface area contributed by atoms with Gasteiger partial charge in [0.05, 0.1) is 0 Å². The second kappa shape index (κ2) is 5.52. The number of hydrogen-bond acceptors (Lipinski definition) is 3. The van der Waals surface area contributed by atoms with Crippen molar-refractivity contribution in [1.29, 1.82) is 0 Å². The fourth-order valence-corrected chi connectivity index (χ4v) is 2.43. The van der Waals surface area contributed by atoms with E-state index in [1.807, 2.05) is 0 Å². The molecule has 1 aromatic carbocycles. The third-order valence-corrected chi connectivity index (χ3v) is 3.52. The largest absolute Gasteiger partial charge is 0.370 e. The first kappa shape index (κ1) is 12.4. The molecule has 0 spiro atoms. The second-order valence-corrected chi connectivity index (χ2v) is 4.98. The first-order valence-corrected chi connectivity index (χ1v) is 6.44. The first-order valence-electron chi connectivity index (χ1n) is 6.44. The topological polar surface area (TPSA) is 32.5 Å². The van der Waals surface area contributed by atoms with Gasteiger partial charge in [0.25, 0.3) is 0 Å². The quantitative estimate of drug-likeness (QED) is 0.842. The Bertz CT molecular complexity index is 376. The van der Waals surface area contributed by atoms with Crippen molar-refractivity contribution < 1.29 is 0 Å². The van der Waals surface area contributed by atoms with Gasteiger partial charge in [-0.1, -0.05) is 12.1 Å². The first-order chi connectivity index (χ1) is 8.20. The Labute approximate surface area is 104 Å². The number of likely N-dealkylation sites (N-methyl/N-ethyl adjacent to an activating group) is 1. The molecule has 1 aliphatic heterocycles. The second-order valence-electron chi connectivity index (χ2n) is 4.98. The lowest BCUT2D eigenvalue weighted by Gasteiger charge is -2.25. The van der Waals surface area contributed by atoms with Crippen LogP contribution in [0.2, 0.25) is 0 Å². The summed E-state index contributed by atoms with van der Waals surface area (Å²) in [6.07, 6.45) is 1.23. The van der Waals surface area contributed by atoms with Crippen LogP contribution in [0.5, 0.6) is 0 Å². The van der Waals surface area contributed by atoms with Crippen LogP contribution in [0, 0.1) is 6.92 Å². The average Bonchev–Trinajstić information content (AvgIpc) is 2.54. The Morgan fingerprint density at radius 3 is 2.76 bits per heavy atom. The molecule has 1 aromatic rings. The monoisotopic (exact) mass is 233 g/mol. The summed E-state index contributed by atoms with van der Waals surface area (Å²) in [4.78, 5) is 4.89. The Morgan fingerprint density at radius 2 is 2.00 bits per heavy atom. The van der Waals surface area contributed by atoms with Gasteiger partial charge in [-0.25, -0.2) is 0 Å². The van der Waals surface area contributed by atoms with E-state index >= 15 is 0 Å². The van der Waals surface area contributed by atoms with Gasteiger partial charge in [0.2, 0.25) is 0 Å². The third-order valence-electron chi connectivity index (χ3n) is 3.52. The molecule has 0 radical (unpaired) electrons. The highest BCUT2D eigenvalue weighted by Crippen LogP contribution is 2.23. The molecule has 1 aliphatic rings. The zero-order chi connectivity index (χ0) is 12.3. The van der Waals surface area contributed by atoms with E-state index in [2.05, 4.69) is 42.0 Å². The van der Waals surface area contributed by atoms with Crippen LogP contribution >= 0.6 is 0 Å². The highest BCUT2D eigenvalue weighted by molar-refractivity contribution is 5.55. The van der Waals surface area contributed by atoms with E-state index in [4.69, 9.17) is 5.73 Å². The third kappa shape index (κ3) is 2.99. The SMILES string of the molecule is Cc1ccc(CN)c(N2CCCN(C)CC2)c1. The van der Waals surface area contributed by atoms with Crippen molar-refractivity contribution in [3.8, 4) is 0 Å². The van der Waals surface area contributed by atoms with E-state index in [9.17, 15) is 0 Å². The van der Waals surface area contributed by atoms with Crippen molar-refractivity contribution in [2.45, 2.75) is 19.9 Å². The molecule has 1 heterocycles. The van der Waals surface area contributed by atoms with Gasteiger partial charge in [0.1, 0.15) is 0 Å². The van der Waals surface area contributed by atoms with Gasteiger partial charge in [-0.05, 0) is 44.1 Å². The number of anilines is 1. The van der Waals surface area contributed by atoms with Crippen LogP contribution in [0.4, 0.5) is 5.69 Å². The highest BCUT2D eigenvalue weighted by atomic mass is 15.2. The van der Waals surface area contributed by atoms with Crippen LogP contribution in [0.3, 0.4) is 0 Å². The molecule has 0 bridgehead atoms. The van der Waals surface area contributed by atoms with Crippen molar-refractivity contribution in [3.63, 3.8) is 0 Å². The van der Waals surface area contributed by atoms with Crippen molar-refractivity contribution >= 4 is 5.69 Å². The minimum atomic E-state index is 0.627. The van der Waals surface area contributed by atoms with Gasteiger partial charge in [0.15, 0.2) is 0 Å². The van der Waals surface area contributed by atoms with Crippen LogP contribution in [-0.4, -0.2) is 38.1 Å². The molecule has 0 saturated carbocycles. The maximum absolute atomic E-state index is 5.84. The van der Waals surface area contributed by atoms with E-state index in [1.54, 1.807) is 0 Å². The molecular weight excluding hydrogens is 210 g/mol. The lowest BCUT2D eigenvalue weighted by molar-refractivity contribution is 0.360. The number of benzene rings is 1. The van der Waals surface area contributed by atoms with Gasteiger partial charge < -0.3 is 15.5 Å². The van der Waals surface area contributed by atoms with Crippen LogP contribution in [-0.2, 0) is 6.54 Å². The minimum Gasteiger partial charge on any atom is -0.370 e. The Hall–Kier alpha value is -1.06. The van der Waals surface area contributed by atoms with E-state index in [0.717, 1.165) is 19.6 Å². The summed E-state index contributed by atoms with van der Waals surface area (Å²) in [5, 5.41) is 0. The molecule has 0 aromatic heterocycles. The molecule has 2 rings (SSSR count). The average molecular weight is 233 g/mol. The summed E-state index contributed by atoms with van der Waals surface area (Å²) in [7, 11) is 2.20. The molecule has 0 aliphatic carbocycles. The predicted octanol–water partition coefficient (Wildman–Crippen LogP) is 1.60. The van der Waals surface area contributed by atoms with Gasteiger partial charge in [-0.3, -0.25) is 0 Å². The Morgan fingerprint density at radius 1 is 1.18 bits per heavy atom. The molecule has 1 saturated heterocycles. The summed E-state index contributed by atoms with van der Waals surface area (Å²) in [6, 6.07) is 6.59. The number of nitrogens with two attached hydrogens (primary N) is 1. The number of nitrogens with zero attached hydrogens (tertiary/aromatic N) is 2. The molecule has 1 fully saturated rings. The lowest BCUT2D eigenvalue weighted by atomic mass is 10.1. The highest BCUT2D eigenvalue weighted by Gasteiger charge is 2.14.